The van der Waals surface area contributed by atoms with Crippen LogP contribution >= 0.6 is 23.1 Å². The van der Waals surface area contributed by atoms with Gasteiger partial charge in [-0.2, -0.15) is 0 Å². The number of nitrogens with zero attached hydrogens (tertiary/aromatic N) is 4. The minimum atomic E-state index is 0.0484. The number of aromatic nitrogens is 3. The average molecular weight is 415 g/mol. The molecule has 2 heterocycles. The van der Waals surface area contributed by atoms with E-state index in [4.69, 9.17) is 4.74 Å². The molecule has 8 heteroatoms. The van der Waals surface area contributed by atoms with Crippen molar-refractivity contribution in [3.63, 3.8) is 0 Å². The third kappa shape index (κ3) is 4.82. The fraction of sp³-hybridized carbons (Fsp3) is 0.250. The molecule has 0 saturated carbocycles. The molecule has 0 aliphatic rings. The predicted molar refractivity (Wildman–Crippen MR) is 114 cm³/mol. The van der Waals surface area contributed by atoms with Gasteiger partial charge in [0.1, 0.15) is 5.75 Å². The van der Waals surface area contributed by atoms with Gasteiger partial charge in [-0.1, -0.05) is 23.9 Å². The zero-order chi connectivity index (χ0) is 19.9. The highest BCUT2D eigenvalue weighted by Gasteiger charge is 2.17. The summed E-state index contributed by atoms with van der Waals surface area (Å²) in [6.07, 6.45) is 1.75. The number of hydrogen-bond acceptors (Lipinski definition) is 6. The lowest BCUT2D eigenvalue weighted by atomic mass is 10.2. The van der Waals surface area contributed by atoms with E-state index in [0.29, 0.717) is 24.0 Å². The Balaban J connectivity index is 1.65. The summed E-state index contributed by atoms with van der Waals surface area (Å²) < 4.78 is 7.09. The lowest BCUT2D eigenvalue weighted by molar-refractivity contribution is -0.128. The van der Waals surface area contributed by atoms with Crippen LogP contribution in [0.25, 0.3) is 11.4 Å². The Hall–Kier alpha value is -2.58. The highest BCUT2D eigenvalue weighted by Crippen LogP contribution is 2.25. The number of rotatable bonds is 9. The second kappa shape index (κ2) is 9.57. The number of amides is 1. The third-order valence-corrected chi connectivity index (χ3v) is 6.00. The molecule has 0 aliphatic carbocycles. The molecular weight excluding hydrogens is 392 g/mol. The van der Waals surface area contributed by atoms with Crippen LogP contribution in [-0.2, 0) is 18.4 Å². The molecule has 0 atom stereocenters. The quantitative estimate of drug-likeness (QED) is 0.393. The molecule has 0 aliphatic heterocycles. The summed E-state index contributed by atoms with van der Waals surface area (Å²) in [5.74, 6) is 1.89. The van der Waals surface area contributed by atoms with Gasteiger partial charge in [-0.15, -0.1) is 28.1 Å². The summed E-state index contributed by atoms with van der Waals surface area (Å²) in [4.78, 5) is 15.6. The van der Waals surface area contributed by atoms with Crippen LogP contribution in [0.5, 0.6) is 5.75 Å². The van der Waals surface area contributed by atoms with Crippen LogP contribution in [0.4, 0.5) is 0 Å². The Morgan fingerprint density at radius 1 is 1.32 bits per heavy atom. The largest absolute Gasteiger partial charge is 0.497 e. The molecule has 0 saturated heterocycles. The van der Waals surface area contributed by atoms with Gasteiger partial charge in [-0.25, -0.2) is 0 Å². The van der Waals surface area contributed by atoms with E-state index in [9.17, 15) is 4.79 Å². The molecule has 0 fully saturated rings. The van der Waals surface area contributed by atoms with Gasteiger partial charge in [0.05, 0.1) is 19.4 Å². The maximum absolute atomic E-state index is 12.7. The van der Waals surface area contributed by atoms with Crippen LogP contribution in [0.2, 0.25) is 0 Å². The van der Waals surface area contributed by atoms with Gasteiger partial charge in [0.25, 0.3) is 0 Å². The standard InChI is InChI=1S/C20H22N4O2S2/c1-4-11-24(13-17-6-5-12-27-17)18(25)14-28-20-22-21-19(23(20)2)15-7-9-16(26-3)10-8-15/h4-10,12H,1,11,13-14H2,2-3H3. The first-order valence-corrected chi connectivity index (χ1v) is 10.6. The predicted octanol–water partition coefficient (Wildman–Crippen LogP) is 3.86. The number of methoxy groups -OCH3 is 1. The Kier molecular flexibility index (Phi) is 6.89. The molecule has 0 spiro atoms. The Bertz CT molecular complexity index is 920. The maximum Gasteiger partial charge on any atom is 0.233 e. The maximum atomic E-state index is 12.7. The first-order valence-electron chi connectivity index (χ1n) is 8.70. The second-order valence-electron chi connectivity index (χ2n) is 6.02. The van der Waals surface area contributed by atoms with Crippen molar-refractivity contribution in [2.45, 2.75) is 11.7 Å². The zero-order valence-corrected chi connectivity index (χ0v) is 17.5. The number of benzene rings is 1. The van der Waals surface area contributed by atoms with Crippen LogP contribution in [0.15, 0.2) is 59.6 Å². The lowest BCUT2D eigenvalue weighted by Crippen LogP contribution is -2.31. The van der Waals surface area contributed by atoms with E-state index in [1.165, 1.54) is 11.8 Å². The number of thioether (sulfide) groups is 1. The molecular formula is C20H22N4O2S2. The average Bonchev–Trinajstić information content (AvgIpc) is 3.35. The first kappa shape index (κ1) is 20.2. The van der Waals surface area contributed by atoms with E-state index < -0.39 is 0 Å². The second-order valence-corrected chi connectivity index (χ2v) is 8.00. The molecule has 0 N–H and O–H groups in total. The molecule has 146 valence electrons. The van der Waals surface area contributed by atoms with Gasteiger partial charge >= 0.3 is 0 Å². The molecule has 6 nitrogen and oxygen atoms in total. The minimum Gasteiger partial charge on any atom is -0.497 e. The minimum absolute atomic E-state index is 0.0484. The molecule has 3 aromatic rings. The molecule has 1 aromatic carbocycles. The van der Waals surface area contributed by atoms with E-state index in [1.807, 2.05) is 53.4 Å². The van der Waals surface area contributed by atoms with Crippen LogP contribution in [0, 0.1) is 0 Å². The summed E-state index contributed by atoms with van der Waals surface area (Å²) in [5.41, 5.74) is 0.944. The summed E-state index contributed by atoms with van der Waals surface area (Å²) in [6, 6.07) is 11.7. The summed E-state index contributed by atoms with van der Waals surface area (Å²) in [7, 11) is 3.54. The molecule has 28 heavy (non-hydrogen) atoms. The smallest absolute Gasteiger partial charge is 0.233 e. The van der Waals surface area contributed by atoms with E-state index >= 15 is 0 Å². The van der Waals surface area contributed by atoms with Crippen molar-refractivity contribution < 1.29 is 9.53 Å². The van der Waals surface area contributed by atoms with E-state index in [0.717, 1.165) is 22.0 Å². The fourth-order valence-electron chi connectivity index (χ4n) is 2.65. The first-order chi connectivity index (χ1) is 13.6. The van der Waals surface area contributed by atoms with Crippen molar-refractivity contribution in [3.8, 4) is 17.1 Å². The summed E-state index contributed by atoms with van der Waals surface area (Å²) in [6.45, 7) is 4.88. The fourth-order valence-corrected chi connectivity index (χ4v) is 4.18. The highest BCUT2D eigenvalue weighted by molar-refractivity contribution is 7.99. The van der Waals surface area contributed by atoms with Gasteiger partial charge in [-0.05, 0) is 35.7 Å². The monoisotopic (exact) mass is 414 g/mol. The van der Waals surface area contributed by atoms with Crippen molar-refractivity contribution >= 4 is 29.0 Å². The van der Waals surface area contributed by atoms with E-state index in [2.05, 4.69) is 16.8 Å². The normalized spacial score (nSPS) is 10.6. The Labute approximate surface area is 172 Å². The highest BCUT2D eigenvalue weighted by atomic mass is 32.2. The van der Waals surface area contributed by atoms with Crippen molar-refractivity contribution in [2.24, 2.45) is 7.05 Å². The van der Waals surface area contributed by atoms with Crippen molar-refractivity contribution in [1.82, 2.24) is 19.7 Å². The van der Waals surface area contributed by atoms with Gasteiger partial charge in [0.2, 0.25) is 5.91 Å². The number of carbonyl (C=O) groups is 1. The van der Waals surface area contributed by atoms with Crippen LogP contribution in [0.3, 0.4) is 0 Å². The SMILES string of the molecule is C=CCN(Cc1cccs1)C(=O)CSc1nnc(-c2ccc(OC)cc2)n1C. The number of ether oxygens (including phenoxy) is 1. The van der Waals surface area contributed by atoms with Gasteiger partial charge in [0, 0.05) is 24.0 Å². The number of carbonyl (C=O) groups excluding carboxylic acids is 1. The number of hydrogen-bond donors (Lipinski definition) is 0. The molecule has 1 amide bonds. The third-order valence-electron chi connectivity index (χ3n) is 4.14. The molecule has 0 radical (unpaired) electrons. The van der Waals surface area contributed by atoms with E-state index in [1.54, 1.807) is 29.4 Å². The Morgan fingerprint density at radius 3 is 2.75 bits per heavy atom. The van der Waals surface area contributed by atoms with Crippen molar-refractivity contribution in [1.29, 1.82) is 0 Å². The van der Waals surface area contributed by atoms with Crippen LogP contribution < -0.4 is 4.74 Å². The molecule has 0 unspecified atom stereocenters. The number of thiophene rings is 1. The lowest BCUT2D eigenvalue weighted by Gasteiger charge is -2.20. The molecule has 2 aromatic heterocycles. The Morgan fingerprint density at radius 2 is 2.11 bits per heavy atom. The topological polar surface area (TPSA) is 60.3 Å². The van der Waals surface area contributed by atoms with Crippen molar-refractivity contribution in [2.75, 3.05) is 19.4 Å². The zero-order valence-electron chi connectivity index (χ0n) is 15.9. The molecule has 3 rings (SSSR count). The van der Waals surface area contributed by atoms with Crippen LogP contribution in [0.1, 0.15) is 4.88 Å². The van der Waals surface area contributed by atoms with Crippen molar-refractivity contribution in [3.05, 3.63) is 59.3 Å². The van der Waals surface area contributed by atoms with Gasteiger partial charge in [0.15, 0.2) is 11.0 Å². The van der Waals surface area contributed by atoms with Gasteiger partial charge in [-0.3, -0.25) is 4.79 Å². The summed E-state index contributed by atoms with van der Waals surface area (Å²) >= 11 is 3.03. The summed E-state index contributed by atoms with van der Waals surface area (Å²) in [5, 5.41) is 11.2. The molecule has 0 bridgehead atoms. The van der Waals surface area contributed by atoms with E-state index in [-0.39, 0.29) is 5.91 Å². The van der Waals surface area contributed by atoms with Gasteiger partial charge < -0.3 is 14.2 Å². The van der Waals surface area contributed by atoms with Crippen LogP contribution in [-0.4, -0.2) is 45.0 Å².